The van der Waals surface area contributed by atoms with E-state index in [1.807, 2.05) is 61.6 Å². The molecule has 2 aromatic rings. The second-order valence-corrected chi connectivity index (χ2v) is 9.59. The molecule has 0 unspecified atom stereocenters. The summed E-state index contributed by atoms with van der Waals surface area (Å²) in [5.74, 6) is 0.305. The van der Waals surface area contributed by atoms with Crippen LogP contribution in [-0.4, -0.2) is 55.4 Å². The quantitative estimate of drug-likeness (QED) is 0.311. The molecule has 33 heavy (non-hydrogen) atoms. The predicted octanol–water partition coefficient (Wildman–Crippen LogP) is 3.60. The number of carbonyl (C=O) groups excluding carboxylic acids is 1. The van der Waals surface area contributed by atoms with Crippen molar-refractivity contribution in [2.24, 2.45) is 0 Å². The number of hydrogen-bond acceptors (Lipinski definition) is 8. The first-order chi connectivity index (χ1) is 15.6. The van der Waals surface area contributed by atoms with Gasteiger partial charge >= 0.3 is 6.09 Å². The summed E-state index contributed by atoms with van der Waals surface area (Å²) in [7, 11) is 1.65. The molecule has 0 bridgehead atoms. The highest BCUT2D eigenvalue weighted by atomic mass is 127. The molecule has 11 heteroatoms. The smallest absolute Gasteiger partial charge is 0.410 e. The van der Waals surface area contributed by atoms with Gasteiger partial charge in [-0.25, -0.2) is 9.78 Å². The molecule has 0 aliphatic carbocycles. The molecular weight excluding hydrogens is 537 g/mol. The highest BCUT2D eigenvalue weighted by molar-refractivity contribution is 14.1. The van der Waals surface area contributed by atoms with E-state index in [1.165, 1.54) is 0 Å². The van der Waals surface area contributed by atoms with Crippen LogP contribution in [0.15, 0.2) is 29.2 Å². The highest BCUT2D eigenvalue weighted by Crippen LogP contribution is 2.22. The first kappa shape index (κ1) is 24.7. The largest absolute Gasteiger partial charge is 0.444 e. The fraction of sp³-hybridized carbons (Fsp3) is 0.409. The van der Waals surface area contributed by atoms with Crippen molar-refractivity contribution in [1.29, 1.82) is 5.41 Å². The maximum Gasteiger partial charge on any atom is 0.410 e. The molecule has 2 aromatic heterocycles. The molecule has 4 N–H and O–H groups in total. The number of aromatic amines is 1. The maximum absolute atomic E-state index is 12.4. The fourth-order valence-electron chi connectivity index (χ4n) is 3.22. The van der Waals surface area contributed by atoms with Crippen molar-refractivity contribution in [3.63, 3.8) is 0 Å². The lowest BCUT2D eigenvalue weighted by Crippen LogP contribution is -2.39. The summed E-state index contributed by atoms with van der Waals surface area (Å²) < 4.78 is 5.59. The zero-order valence-corrected chi connectivity index (χ0v) is 21.2. The van der Waals surface area contributed by atoms with Crippen molar-refractivity contribution in [3.8, 4) is 0 Å². The Morgan fingerprint density at radius 3 is 2.67 bits per heavy atom. The van der Waals surface area contributed by atoms with E-state index in [0.29, 0.717) is 32.0 Å². The Labute approximate surface area is 205 Å². The van der Waals surface area contributed by atoms with Crippen molar-refractivity contribution in [2.75, 3.05) is 30.8 Å². The zero-order chi connectivity index (χ0) is 24.2. The SMILES string of the molecule is CNc1nc(C(=N)I)c(NCc2ccc(C3=CCN(C(=O)OC(C)(C)C)CC3)nc2)c(=O)[nH]1. The first-order valence-corrected chi connectivity index (χ1v) is 11.6. The van der Waals surface area contributed by atoms with Crippen LogP contribution < -0.4 is 16.2 Å². The average molecular weight is 565 g/mol. The van der Waals surface area contributed by atoms with Crippen LogP contribution in [-0.2, 0) is 11.3 Å². The number of anilines is 2. The molecule has 1 amide bonds. The third-order valence-corrected chi connectivity index (χ3v) is 5.36. The minimum absolute atomic E-state index is 0.163. The van der Waals surface area contributed by atoms with Gasteiger partial charge in [-0.2, -0.15) is 0 Å². The number of halogens is 1. The van der Waals surface area contributed by atoms with E-state index < -0.39 is 5.60 Å². The fourth-order valence-corrected chi connectivity index (χ4v) is 3.61. The van der Waals surface area contributed by atoms with Crippen LogP contribution in [0.1, 0.15) is 44.1 Å². The predicted molar refractivity (Wildman–Crippen MR) is 137 cm³/mol. The summed E-state index contributed by atoms with van der Waals surface area (Å²) in [6.45, 7) is 6.99. The van der Waals surface area contributed by atoms with E-state index in [-0.39, 0.29) is 26.8 Å². The van der Waals surface area contributed by atoms with Crippen molar-refractivity contribution >= 4 is 49.6 Å². The molecule has 3 heterocycles. The third-order valence-electron chi connectivity index (χ3n) is 4.85. The Morgan fingerprint density at radius 1 is 1.36 bits per heavy atom. The molecule has 1 aliphatic heterocycles. The number of amides is 1. The second kappa shape index (κ2) is 10.3. The Morgan fingerprint density at radius 2 is 2.12 bits per heavy atom. The Balaban J connectivity index is 1.65. The lowest BCUT2D eigenvalue weighted by atomic mass is 10.0. The van der Waals surface area contributed by atoms with Gasteiger partial charge in [0.15, 0.2) is 0 Å². The van der Waals surface area contributed by atoms with Gasteiger partial charge in [0.25, 0.3) is 5.56 Å². The lowest BCUT2D eigenvalue weighted by molar-refractivity contribution is 0.0270. The van der Waals surface area contributed by atoms with Crippen LogP contribution in [0.5, 0.6) is 0 Å². The summed E-state index contributed by atoms with van der Waals surface area (Å²) in [5, 5.41) is 13.8. The Hall–Kier alpha value is -2.96. The number of rotatable bonds is 6. The van der Waals surface area contributed by atoms with Gasteiger partial charge < -0.3 is 20.3 Å². The van der Waals surface area contributed by atoms with Crippen LogP contribution in [0.25, 0.3) is 5.57 Å². The summed E-state index contributed by atoms with van der Waals surface area (Å²) in [4.78, 5) is 37.7. The second-order valence-electron chi connectivity index (χ2n) is 8.51. The number of nitrogens with one attached hydrogen (secondary N) is 4. The summed E-state index contributed by atoms with van der Waals surface area (Å²) >= 11 is 1.83. The first-order valence-electron chi connectivity index (χ1n) is 10.5. The van der Waals surface area contributed by atoms with E-state index in [1.54, 1.807) is 18.1 Å². The van der Waals surface area contributed by atoms with Gasteiger partial charge in [-0.3, -0.25) is 20.2 Å². The summed E-state index contributed by atoms with van der Waals surface area (Å²) in [6.07, 6.45) is 4.14. The number of carbonyl (C=O) groups is 1. The normalized spacial score (nSPS) is 13.8. The molecule has 3 rings (SSSR count). The monoisotopic (exact) mass is 565 g/mol. The molecule has 0 aromatic carbocycles. The van der Waals surface area contributed by atoms with Crippen molar-refractivity contribution in [2.45, 2.75) is 39.3 Å². The van der Waals surface area contributed by atoms with Crippen molar-refractivity contribution in [1.82, 2.24) is 19.9 Å². The van der Waals surface area contributed by atoms with E-state index in [9.17, 15) is 9.59 Å². The molecule has 0 saturated heterocycles. The summed E-state index contributed by atoms with van der Waals surface area (Å²) in [6, 6.07) is 3.87. The van der Waals surface area contributed by atoms with Gasteiger partial charge in [-0.05, 0) is 67.0 Å². The molecule has 0 spiro atoms. The van der Waals surface area contributed by atoms with Crippen LogP contribution in [0.3, 0.4) is 0 Å². The van der Waals surface area contributed by atoms with Crippen LogP contribution in [0.4, 0.5) is 16.4 Å². The molecule has 176 valence electrons. The number of nitrogens with zero attached hydrogens (tertiary/aromatic N) is 3. The molecule has 10 nitrogen and oxygen atoms in total. The average Bonchev–Trinajstić information content (AvgIpc) is 2.77. The zero-order valence-electron chi connectivity index (χ0n) is 19.1. The van der Waals surface area contributed by atoms with Gasteiger partial charge in [0, 0.05) is 32.9 Å². The van der Waals surface area contributed by atoms with Crippen molar-refractivity contribution in [3.05, 3.63) is 51.7 Å². The molecule has 0 saturated carbocycles. The lowest BCUT2D eigenvalue weighted by Gasteiger charge is -2.29. The minimum atomic E-state index is -0.514. The number of aromatic nitrogens is 3. The number of H-pyrrole nitrogens is 1. The topological polar surface area (TPSA) is 136 Å². The van der Waals surface area contributed by atoms with E-state index in [4.69, 9.17) is 10.1 Å². The molecule has 0 atom stereocenters. The van der Waals surface area contributed by atoms with E-state index in [2.05, 4.69) is 25.6 Å². The molecule has 1 aliphatic rings. The van der Waals surface area contributed by atoms with E-state index >= 15 is 0 Å². The summed E-state index contributed by atoms with van der Waals surface area (Å²) in [5.41, 5.74) is 2.49. The molecular formula is C22H28IN7O3. The standard InChI is InChI=1S/C22H28IN7O3/c1-22(2,3)33-21(32)30-9-7-14(8-10-30)15-6-5-13(11-26-15)12-27-17-16(18(23)24)28-20(25-4)29-19(17)31/h5-7,11,24,27H,8-10,12H2,1-4H3,(H2,25,28,29,31). The highest BCUT2D eigenvalue weighted by Gasteiger charge is 2.24. The maximum atomic E-state index is 12.4. The van der Waals surface area contributed by atoms with Crippen LogP contribution in [0, 0.1) is 5.41 Å². The van der Waals surface area contributed by atoms with E-state index in [0.717, 1.165) is 16.8 Å². The van der Waals surface area contributed by atoms with Crippen LogP contribution >= 0.6 is 22.6 Å². The van der Waals surface area contributed by atoms with Gasteiger partial charge in [0.05, 0.1) is 5.69 Å². The van der Waals surface area contributed by atoms with Gasteiger partial charge in [0.2, 0.25) is 5.95 Å². The number of hydrogen-bond donors (Lipinski definition) is 4. The van der Waals surface area contributed by atoms with Gasteiger partial charge in [-0.1, -0.05) is 12.1 Å². The number of ether oxygens (including phenoxy) is 1. The molecule has 0 radical (unpaired) electrons. The number of pyridine rings is 1. The minimum Gasteiger partial charge on any atom is -0.444 e. The molecule has 0 fully saturated rings. The Kier molecular flexibility index (Phi) is 7.72. The van der Waals surface area contributed by atoms with Crippen LogP contribution in [0.2, 0.25) is 0 Å². The van der Waals surface area contributed by atoms with Crippen molar-refractivity contribution < 1.29 is 9.53 Å². The third kappa shape index (κ3) is 6.53. The van der Waals surface area contributed by atoms with Gasteiger partial charge in [-0.15, -0.1) is 0 Å². The Bertz CT molecular complexity index is 1120. The van der Waals surface area contributed by atoms with Gasteiger partial charge in [0.1, 0.15) is 20.7 Å².